The zero-order valence-corrected chi connectivity index (χ0v) is 14.1. The second kappa shape index (κ2) is 7.37. The lowest BCUT2D eigenvalue weighted by atomic mass is 10.3. The van der Waals surface area contributed by atoms with Crippen molar-refractivity contribution in [2.24, 2.45) is 0 Å². The SMILES string of the molecule is O=C(/C=C\c1nc2ccccc2o1)Nc1cccnc1N1CCOCC1. The number of hydrogen-bond donors (Lipinski definition) is 1. The van der Waals surface area contributed by atoms with Gasteiger partial charge in [0.05, 0.1) is 18.9 Å². The van der Waals surface area contributed by atoms with Crippen LogP contribution in [0.3, 0.4) is 0 Å². The zero-order chi connectivity index (χ0) is 17.8. The van der Waals surface area contributed by atoms with Gasteiger partial charge in [-0.1, -0.05) is 12.1 Å². The van der Waals surface area contributed by atoms with E-state index in [9.17, 15) is 4.79 Å². The lowest BCUT2D eigenvalue weighted by Crippen LogP contribution is -2.37. The van der Waals surface area contributed by atoms with Crippen LogP contribution >= 0.6 is 0 Å². The monoisotopic (exact) mass is 350 g/mol. The summed E-state index contributed by atoms with van der Waals surface area (Å²) in [6.07, 6.45) is 4.68. The molecular weight excluding hydrogens is 332 g/mol. The first-order chi connectivity index (χ1) is 12.8. The minimum absolute atomic E-state index is 0.269. The molecule has 1 aromatic carbocycles. The van der Waals surface area contributed by atoms with Gasteiger partial charge in [0.25, 0.3) is 0 Å². The van der Waals surface area contributed by atoms with Crippen molar-refractivity contribution in [2.45, 2.75) is 0 Å². The summed E-state index contributed by atoms with van der Waals surface area (Å²) in [7, 11) is 0. The predicted octanol–water partition coefficient (Wildman–Crippen LogP) is 2.71. The molecule has 1 saturated heterocycles. The van der Waals surface area contributed by atoms with E-state index in [1.165, 1.54) is 6.08 Å². The number of pyridine rings is 1. The standard InChI is InChI=1S/C19H18N4O3/c24-17(7-8-18-22-14-4-1-2-6-16(14)26-18)21-15-5-3-9-20-19(15)23-10-12-25-13-11-23/h1-9H,10-13H2,(H,21,24)/b8-7-. The molecule has 4 rings (SSSR count). The van der Waals surface area contributed by atoms with Crippen LogP contribution < -0.4 is 10.2 Å². The molecule has 3 heterocycles. The smallest absolute Gasteiger partial charge is 0.248 e. The minimum Gasteiger partial charge on any atom is -0.437 e. The molecule has 0 spiro atoms. The molecule has 1 fully saturated rings. The van der Waals surface area contributed by atoms with Crippen molar-refractivity contribution in [1.82, 2.24) is 9.97 Å². The van der Waals surface area contributed by atoms with Crippen molar-refractivity contribution in [3.63, 3.8) is 0 Å². The first kappa shape index (κ1) is 16.3. The fraction of sp³-hybridized carbons (Fsp3) is 0.211. The summed E-state index contributed by atoms with van der Waals surface area (Å²) >= 11 is 0. The van der Waals surface area contributed by atoms with Gasteiger partial charge in [0.2, 0.25) is 11.8 Å². The van der Waals surface area contributed by atoms with Crippen LogP contribution in [-0.4, -0.2) is 42.2 Å². The summed E-state index contributed by atoms with van der Waals surface area (Å²) in [4.78, 5) is 23.1. The molecule has 3 aromatic rings. The van der Waals surface area contributed by atoms with Gasteiger partial charge in [-0.25, -0.2) is 9.97 Å². The second-order valence-corrected chi connectivity index (χ2v) is 5.82. The normalized spacial score (nSPS) is 14.8. The Labute approximate surface area is 150 Å². The number of anilines is 2. The molecule has 7 nitrogen and oxygen atoms in total. The van der Waals surface area contributed by atoms with Crippen LogP contribution in [0.2, 0.25) is 0 Å². The van der Waals surface area contributed by atoms with E-state index in [-0.39, 0.29) is 5.91 Å². The van der Waals surface area contributed by atoms with Crippen LogP contribution in [0, 0.1) is 0 Å². The number of para-hydroxylation sites is 2. The topological polar surface area (TPSA) is 80.5 Å². The summed E-state index contributed by atoms with van der Waals surface area (Å²) in [5.41, 5.74) is 2.12. The second-order valence-electron chi connectivity index (χ2n) is 5.82. The van der Waals surface area contributed by atoms with Crippen LogP contribution in [0.15, 0.2) is 53.1 Å². The number of nitrogens with zero attached hydrogens (tertiary/aromatic N) is 3. The molecule has 132 valence electrons. The molecule has 7 heteroatoms. The Morgan fingerprint density at radius 3 is 2.85 bits per heavy atom. The maximum Gasteiger partial charge on any atom is 0.248 e. The number of hydrogen-bond acceptors (Lipinski definition) is 6. The number of morpholine rings is 1. The van der Waals surface area contributed by atoms with Gasteiger partial charge in [-0.3, -0.25) is 4.79 Å². The Morgan fingerprint density at radius 2 is 2.00 bits per heavy atom. The molecule has 1 aliphatic rings. The highest BCUT2D eigenvalue weighted by Crippen LogP contribution is 2.23. The highest BCUT2D eigenvalue weighted by atomic mass is 16.5. The van der Waals surface area contributed by atoms with Crippen molar-refractivity contribution in [3.8, 4) is 0 Å². The Bertz CT molecular complexity index is 912. The fourth-order valence-corrected chi connectivity index (χ4v) is 2.80. The number of amides is 1. The quantitative estimate of drug-likeness (QED) is 0.729. The number of aromatic nitrogens is 2. The van der Waals surface area contributed by atoms with Crippen LogP contribution in [0.5, 0.6) is 0 Å². The lowest BCUT2D eigenvalue weighted by molar-refractivity contribution is -0.111. The summed E-state index contributed by atoms with van der Waals surface area (Å²) in [6.45, 7) is 2.81. The van der Waals surface area contributed by atoms with Gasteiger partial charge < -0.3 is 19.4 Å². The fourth-order valence-electron chi connectivity index (χ4n) is 2.80. The maximum atomic E-state index is 12.3. The van der Waals surface area contributed by atoms with Crippen molar-refractivity contribution >= 4 is 34.6 Å². The van der Waals surface area contributed by atoms with Gasteiger partial charge in [-0.2, -0.15) is 0 Å². The molecule has 1 aliphatic heterocycles. The maximum absolute atomic E-state index is 12.3. The molecule has 0 saturated carbocycles. The van der Waals surface area contributed by atoms with Gasteiger partial charge in [-0.05, 0) is 24.3 Å². The summed E-state index contributed by atoms with van der Waals surface area (Å²) in [5, 5.41) is 2.87. The van der Waals surface area contributed by atoms with Crippen LogP contribution in [0.1, 0.15) is 5.89 Å². The van der Waals surface area contributed by atoms with Gasteiger partial charge in [0.1, 0.15) is 5.52 Å². The minimum atomic E-state index is -0.269. The number of fused-ring (bicyclic) bond motifs is 1. The average molecular weight is 350 g/mol. The number of ether oxygens (including phenoxy) is 1. The number of nitrogens with one attached hydrogen (secondary N) is 1. The number of rotatable bonds is 4. The Morgan fingerprint density at radius 1 is 1.15 bits per heavy atom. The molecule has 0 unspecified atom stereocenters. The predicted molar refractivity (Wildman–Crippen MR) is 98.9 cm³/mol. The number of carbonyl (C=O) groups is 1. The third-order valence-electron chi connectivity index (χ3n) is 4.04. The Kier molecular flexibility index (Phi) is 4.61. The van der Waals surface area contributed by atoms with Crippen molar-refractivity contribution in [3.05, 3.63) is 54.6 Å². The molecular formula is C19H18N4O3. The van der Waals surface area contributed by atoms with E-state index >= 15 is 0 Å². The van der Waals surface area contributed by atoms with Crippen molar-refractivity contribution in [1.29, 1.82) is 0 Å². The van der Waals surface area contributed by atoms with E-state index in [1.807, 2.05) is 30.3 Å². The van der Waals surface area contributed by atoms with E-state index in [0.717, 1.165) is 24.4 Å². The number of oxazole rings is 1. The summed E-state index contributed by atoms with van der Waals surface area (Å²) < 4.78 is 10.9. The van der Waals surface area contributed by atoms with E-state index in [0.29, 0.717) is 30.4 Å². The Hall–Kier alpha value is -3.19. The van der Waals surface area contributed by atoms with E-state index in [2.05, 4.69) is 20.2 Å². The highest BCUT2D eigenvalue weighted by molar-refractivity contribution is 6.03. The molecule has 0 radical (unpaired) electrons. The van der Waals surface area contributed by atoms with Crippen molar-refractivity contribution in [2.75, 3.05) is 36.5 Å². The average Bonchev–Trinajstić information content (AvgIpc) is 3.11. The molecule has 2 aromatic heterocycles. The van der Waals surface area contributed by atoms with Gasteiger partial charge >= 0.3 is 0 Å². The molecule has 1 N–H and O–H groups in total. The third kappa shape index (κ3) is 3.57. The molecule has 1 amide bonds. The van der Waals surface area contributed by atoms with E-state index in [1.54, 1.807) is 18.3 Å². The third-order valence-corrected chi connectivity index (χ3v) is 4.04. The molecule has 26 heavy (non-hydrogen) atoms. The van der Waals surface area contributed by atoms with Crippen LogP contribution in [-0.2, 0) is 9.53 Å². The molecule has 0 atom stereocenters. The van der Waals surface area contributed by atoms with Gasteiger partial charge in [0.15, 0.2) is 11.4 Å². The number of carbonyl (C=O) groups excluding carboxylic acids is 1. The largest absolute Gasteiger partial charge is 0.437 e. The Balaban J connectivity index is 1.47. The van der Waals surface area contributed by atoms with Gasteiger partial charge in [0, 0.05) is 31.4 Å². The first-order valence-electron chi connectivity index (χ1n) is 8.42. The van der Waals surface area contributed by atoms with Crippen LogP contribution in [0.4, 0.5) is 11.5 Å². The summed E-state index contributed by atoms with van der Waals surface area (Å²) in [5.74, 6) is 0.870. The van der Waals surface area contributed by atoms with Gasteiger partial charge in [-0.15, -0.1) is 0 Å². The van der Waals surface area contributed by atoms with E-state index < -0.39 is 0 Å². The van der Waals surface area contributed by atoms with Crippen LogP contribution in [0.25, 0.3) is 17.2 Å². The molecule has 0 bridgehead atoms. The number of benzene rings is 1. The zero-order valence-electron chi connectivity index (χ0n) is 14.1. The van der Waals surface area contributed by atoms with Crippen molar-refractivity contribution < 1.29 is 13.9 Å². The lowest BCUT2D eigenvalue weighted by Gasteiger charge is -2.29. The first-order valence-corrected chi connectivity index (χ1v) is 8.42. The summed E-state index contributed by atoms with van der Waals surface area (Å²) in [6, 6.07) is 11.1. The molecule has 0 aliphatic carbocycles. The highest BCUT2D eigenvalue weighted by Gasteiger charge is 2.16. The van der Waals surface area contributed by atoms with E-state index in [4.69, 9.17) is 9.15 Å².